The first kappa shape index (κ1) is 11.0. The molecule has 1 aromatic carbocycles. The van der Waals surface area contributed by atoms with Gasteiger partial charge in [-0.15, -0.1) is 0 Å². The van der Waals surface area contributed by atoms with E-state index in [1.54, 1.807) is 13.3 Å². The van der Waals surface area contributed by atoms with E-state index in [0.717, 1.165) is 29.2 Å². The Kier molecular flexibility index (Phi) is 2.80. The third kappa shape index (κ3) is 1.99. The number of benzene rings is 1. The SMILES string of the molecule is CNc1nc(-c2ccc3c(c2)OCCCO3)co1. The van der Waals surface area contributed by atoms with Crippen LogP contribution in [0.25, 0.3) is 11.3 Å². The Morgan fingerprint density at radius 1 is 1.17 bits per heavy atom. The first-order chi connectivity index (χ1) is 8.86. The topological polar surface area (TPSA) is 56.5 Å². The third-order valence-electron chi connectivity index (χ3n) is 2.76. The van der Waals surface area contributed by atoms with E-state index in [-0.39, 0.29) is 0 Å². The number of fused-ring (bicyclic) bond motifs is 1. The van der Waals surface area contributed by atoms with Gasteiger partial charge in [0.2, 0.25) is 0 Å². The normalized spacial score (nSPS) is 14.1. The first-order valence-electron chi connectivity index (χ1n) is 5.90. The summed E-state index contributed by atoms with van der Waals surface area (Å²) in [4.78, 5) is 4.30. The second-order valence-electron chi connectivity index (χ2n) is 4.00. The van der Waals surface area contributed by atoms with Gasteiger partial charge in [-0.05, 0) is 18.2 Å². The van der Waals surface area contributed by atoms with Crippen molar-refractivity contribution >= 4 is 6.01 Å². The molecule has 3 rings (SSSR count). The van der Waals surface area contributed by atoms with E-state index in [1.165, 1.54) is 0 Å². The maximum atomic E-state index is 5.64. The Bertz CT molecular complexity index is 551. The summed E-state index contributed by atoms with van der Waals surface area (Å²) in [6.45, 7) is 1.37. The molecule has 0 radical (unpaired) electrons. The highest BCUT2D eigenvalue weighted by Gasteiger charge is 2.13. The van der Waals surface area contributed by atoms with Crippen LogP contribution in [0.5, 0.6) is 11.5 Å². The van der Waals surface area contributed by atoms with Crippen LogP contribution < -0.4 is 14.8 Å². The monoisotopic (exact) mass is 246 g/mol. The summed E-state index contributed by atoms with van der Waals surface area (Å²) < 4.78 is 16.5. The molecule has 0 saturated carbocycles. The minimum atomic E-state index is 0.497. The molecular formula is C13H14N2O3. The zero-order chi connectivity index (χ0) is 12.4. The Hall–Kier alpha value is -2.17. The first-order valence-corrected chi connectivity index (χ1v) is 5.90. The van der Waals surface area contributed by atoms with Gasteiger partial charge in [-0.25, -0.2) is 0 Å². The molecule has 1 aliphatic rings. The summed E-state index contributed by atoms with van der Waals surface area (Å²) in [5.41, 5.74) is 1.72. The standard InChI is InChI=1S/C13H14N2O3/c1-14-13-15-10(8-18-13)9-3-4-11-12(7-9)17-6-2-5-16-11/h3-4,7-8H,2,5-6H2,1H3,(H,14,15). The molecule has 0 unspecified atom stereocenters. The molecule has 5 heteroatoms. The zero-order valence-electron chi connectivity index (χ0n) is 10.1. The van der Waals surface area contributed by atoms with E-state index >= 15 is 0 Å². The highest BCUT2D eigenvalue weighted by Crippen LogP contribution is 2.34. The van der Waals surface area contributed by atoms with E-state index in [1.807, 2.05) is 18.2 Å². The predicted molar refractivity (Wildman–Crippen MR) is 67.1 cm³/mol. The molecule has 5 nitrogen and oxygen atoms in total. The lowest BCUT2D eigenvalue weighted by Gasteiger charge is -2.07. The fraction of sp³-hybridized carbons (Fsp3) is 0.308. The summed E-state index contributed by atoms with van der Waals surface area (Å²) in [7, 11) is 1.77. The molecule has 18 heavy (non-hydrogen) atoms. The summed E-state index contributed by atoms with van der Waals surface area (Å²) in [6.07, 6.45) is 2.52. The second-order valence-corrected chi connectivity index (χ2v) is 4.00. The molecule has 1 aliphatic heterocycles. The van der Waals surface area contributed by atoms with Crippen LogP contribution in [0.1, 0.15) is 6.42 Å². The van der Waals surface area contributed by atoms with Crippen LogP contribution in [0.4, 0.5) is 6.01 Å². The predicted octanol–water partition coefficient (Wildman–Crippen LogP) is 2.54. The van der Waals surface area contributed by atoms with Crippen LogP contribution in [0, 0.1) is 0 Å². The van der Waals surface area contributed by atoms with Crippen molar-refractivity contribution in [3.8, 4) is 22.8 Å². The molecule has 2 heterocycles. The lowest BCUT2D eigenvalue weighted by Crippen LogP contribution is -1.97. The highest BCUT2D eigenvalue weighted by atomic mass is 16.5. The van der Waals surface area contributed by atoms with Crippen LogP contribution in [0.2, 0.25) is 0 Å². The molecule has 94 valence electrons. The average Bonchev–Trinajstić information content (AvgIpc) is 2.76. The Morgan fingerprint density at radius 2 is 2.00 bits per heavy atom. The molecule has 2 aromatic rings. The summed E-state index contributed by atoms with van der Waals surface area (Å²) in [5, 5.41) is 2.86. The fourth-order valence-electron chi connectivity index (χ4n) is 1.84. The maximum Gasteiger partial charge on any atom is 0.294 e. The van der Waals surface area contributed by atoms with Crippen LogP contribution in [-0.2, 0) is 0 Å². The maximum absolute atomic E-state index is 5.64. The molecular weight excluding hydrogens is 232 g/mol. The van der Waals surface area contributed by atoms with Gasteiger partial charge in [0.25, 0.3) is 6.01 Å². The van der Waals surface area contributed by atoms with Gasteiger partial charge < -0.3 is 19.2 Å². The van der Waals surface area contributed by atoms with Gasteiger partial charge >= 0.3 is 0 Å². The van der Waals surface area contributed by atoms with Crippen LogP contribution in [0.15, 0.2) is 28.9 Å². The van der Waals surface area contributed by atoms with Gasteiger partial charge in [0.1, 0.15) is 12.0 Å². The zero-order valence-corrected chi connectivity index (χ0v) is 10.1. The number of aromatic nitrogens is 1. The van der Waals surface area contributed by atoms with Crippen molar-refractivity contribution in [3.63, 3.8) is 0 Å². The molecule has 0 saturated heterocycles. The number of nitrogens with zero attached hydrogens (tertiary/aromatic N) is 1. The minimum Gasteiger partial charge on any atom is -0.490 e. The number of hydrogen-bond donors (Lipinski definition) is 1. The summed E-state index contributed by atoms with van der Waals surface area (Å²) >= 11 is 0. The van der Waals surface area contributed by atoms with Crippen molar-refractivity contribution in [2.45, 2.75) is 6.42 Å². The summed E-state index contributed by atoms with van der Waals surface area (Å²) in [5.74, 6) is 1.55. The molecule has 1 N–H and O–H groups in total. The van der Waals surface area contributed by atoms with Gasteiger partial charge in [0, 0.05) is 19.0 Å². The van der Waals surface area contributed by atoms with E-state index in [2.05, 4.69) is 10.3 Å². The van der Waals surface area contributed by atoms with Gasteiger partial charge in [0.15, 0.2) is 11.5 Å². The Labute approximate surface area is 105 Å². The Morgan fingerprint density at radius 3 is 2.78 bits per heavy atom. The number of anilines is 1. The summed E-state index contributed by atoms with van der Waals surface area (Å²) in [6, 6.07) is 6.28. The van der Waals surface area contributed by atoms with Crippen molar-refractivity contribution in [1.29, 1.82) is 0 Å². The van der Waals surface area contributed by atoms with Crippen molar-refractivity contribution < 1.29 is 13.9 Å². The van der Waals surface area contributed by atoms with Gasteiger partial charge in [0.05, 0.1) is 13.2 Å². The molecule has 0 atom stereocenters. The van der Waals surface area contributed by atoms with Crippen molar-refractivity contribution in [2.24, 2.45) is 0 Å². The molecule has 0 amide bonds. The van der Waals surface area contributed by atoms with Crippen LogP contribution in [-0.4, -0.2) is 25.2 Å². The number of ether oxygens (including phenoxy) is 2. The third-order valence-corrected chi connectivity index (χ3v) is 2.76. The Balaban J connectivity index is 1.95. The number of rotatable bonds is 2. The van der Waals surface area contributed by atoms with E-state index < -0.39 is 0 Å². The van der Waals surface area contributed by atoms with Gasteiger partial charge in [-0.1, -0.05) is 0 Å². The van der Waals surface area contributed by atoms with E-state index in [4.69, 9.17) is 13.9 Å². The van der Waals surface area contributed by atoms with Crippen LogP contribution >= 0.6 is 0 Å². The number of hydrogen-bond acceptors (Lipinski definition) is 5. The lowest BCUT2D eigenvalue weighted by atomic mass is 10.1. The van der Waals surface area contributed by atoms with Crippen LogP contribution in [0.3, 0.4) is 0 Å². The second kappa shape index (κ2) is 4.60. The van der Waals surface area contributed by atoms with Gasteiger partial charge in [-0.2, -0.15) is 4.98 Å². The van der Waals surface area contributed by atoms with E-state index in [0.29, 0.717) is 19.2 Å². The van der Waals surface area contributed by atoms with Gasteiger partial charge in [-0.3, -0.25) is 0 Å². The van der Waals surface area contributed by atoms with Crippen molar-refractivity contribution in [3.05, 3.63) is 24.5 Å². The largest absolute Gasteiger partial charge is 0.490 e. The molecule has 1 aromatic heterocycles. The quantitative estimate of drug-likeness (QED) is 0.882. The molecule has 0 aliphatic carbocycles. The van der Waals surface area contributed by atoms with Crippen molar-refractivity contribution in [2.75, 3.05) is 25.6 Å². The highest BCUT2D eigenvalue weighted by molar-refractivity contribution is 5.64. The fourth-order valence-corrected chi connectivity index (χ4v) is 1.84. The number of oxazole rings is 1. The number of nitrogens with one attached hydrogen (secondary N) is 1. The smallest absolute Gasteiger partial charge is 0.294 e. The van der Waals surface area contributed by atoms with Crippen molar-refractivity contribution in [1.82, 2.24) is 4.98 Å². The lowest BCUT2D eigenvalue weighted by molar-refractivity contribution is 0.297. The minimum absolute atomic E-state index is 0.497. The molecule has 0 bridgehead atoms. The molecule has 0 spiro atoms. The van der Waals surface area contributed by atoms with E-state index in [9.17, 15) is 0 Å². The molecule has 0 fully saturated rings. The average molecular weight is 246 g/mol.